The van der Waals surface area contributed by atoms with Gasteiger partial charge in [-0.2, -0.15) is 0 Å². The van der Waals surface area contributed by atoms with Gasteiger partial charge in [0.05, 0.1) is 30.5 Å². The first-order valence-corrected chi connectivity index (χ1v) is 6.60. The lowest BCUT2D eigenvalue weighted by molar-refractivity contribution is 0.408. The number of phenols is 2. The maximum absolute atomic E-state index is 9.85. The first kappa shape index (κ1) is 14.4. The molecule has 0 aliphatic rings. The normalized spacial score (nSPS) is 11.2. The summed E-state index contributed by atoms with van der Waals surface area (Å²) in [6, 6.07) is 0. The molecule has 8 heteroatoms. The van der Waals surface area contributed by atoms with E-state index in [0.29, 0.717) is 0 Å². The van der Waals surface area contributed by atoms with Crippen LogP contribution < -0.4 is 0 Å². The van der Waals surface area contributed by atoms with Crippen molar-refractivity contribution in [2.24, 2.45) is 0 Å². The molecule has 2 aromatic carbocycles. The molecule has 2 aromatic rings. The Kier molecular flexibility index (Phi) is 3.90. The maximum atomic E-state index is 9.85. The van der Waals surface area contributed by atoms with Crippen molar-refractivity contribution in [2.45, 2.75) is 0 Å². The van der Waals surface area contributed by atoms with Crippen LogP contribution in [0.1, 0.15) is 0 Å². The third-order valence-corrected chi connectivity index (χ3v) is 4.99. The van der Waals surface area contributed by atoms with Crippen LogP contribution >= 0.6 is 69.6 Å². The topological polar surface area (TPSA) is 40.5 Å². The summed E-state index contributed by atoms with van der Waals surface area (Å²) in [6.45, 7) is 0. The van der Waals surface area contributed by atoms with Crippen molar-refractivity contribution in [3.05, 3.63) is 30.1 Å². The largest absolute Gasteiger partial charge is 0.504 e. The fourth-order valence-electron chi connectivity index (χ4n) is 1.50. The minimum Gasteiger partial charge on any atom is -0.504 e. The van der Waals surface area contributed by atoms with Gasteiger partial charge in [0.2, 0.25) is 0 Å². The summed E-state index contributed by atoms with van der Waals surface area (Å²) >= 11 is 35.4. The third kappa shape index (κ3) is 1.87. The SMILES string of the molecule is Oc1c(Cl)c(Cl)c2c(Cl)c(Cl)c(Cl)c(Cl)c2c1O. The Bertz CT molecular complexity index is 569. The van der Waals surface area contributed by atoms with Crippen molar-refractivity contribution < 1.29 is 10.2 Å². The molecule has 96 valence electrons. The highest BCUT2D eigenvalue weighted by molar-refractivity contribution is 6.58. The maximum Gasteiger partial charge on any atom is 0.178 e. The predicted molar refractivity (Wildman–Crippen MR) is 77.3 cm³/mol. The second-order valence-corrected chi connectivity index (χ2v) is 5.60. The third-order valence-electron chi connectivity index (χ3n) is 2.35. The number of hydrogen-bond acceptors (Lipinski definition) is 2. The second-order valence-electron chi connectivity index (χ2n) is 3.33. The number of benzene rings is 2. The van der Waals surface area contributed by atoms with Crippen LogP contribution in [0.5, 0.6) is 11.5 Å². The van der Waals surface area contributed by atoms with E-state index in [2.05, 4.69) is 0 Å². The number of phenolic OH excluding ortho intramolecular Hbond substituents is 2. The number of rotatable bonds is 0. The van der Waals surface area contributed by atoms with Crippen LogP contribution in [0, 0.1) is 0 Å². The summed E-state index contributed by atoms with van der Waals surface area (Å²) in [5.74, 6) is -1.17. The summed E-state index contributed by atoms with van der Waals surface area (Å²) in [5, 5.41) is 19.1. The minimum absolute atomic E-state index is 0.0109. The summed E-state index contributed by atoms with van der Waals surface area (Å²) in [6.07, 6.45) is 0. The number of fused-ring (bicyclic) bond motifs is 1. The summed E-state index contributed by atoms with van der Waals surface area (Å²) in [5.41, 5.74) is 0. The zero-order valence-corrected chi connectivity index (χ0v) is 12.7. The van der Waals surface area contributed by atoms with Gasteiger partial charge < -0.3 is 10.2 Å². The fraction of sp³-hybridized carbons (Fsp3) is 0. The van der Waals surface area contributed by atoms with Crippen molar-refractivity contribution in [1.29, 1.82) is 0 Å². The standard InChI is InChI=1S/C10H2Cl6O2/c11-3-1-2(5(13)7(15)6(3)14)9(17)10(18)8(16)4(1)12/h17-18H. The van der Waals surface area contributed by atoms with Crippen LogP contribution in [0.3, 0.4) is 0 Å². The molecular formula is C10H2Cl6O2. The molecular weight excluding hydrogens is 365 g/mol. The molecule has 2 rings (SSSR count). The van der Waals surface area contributed by atoms with Crippen molar-refractivity contribution in [1.82, 2.24) is 0 Å². The molecule has 2 N–H and O–H groups in total. The monoisotopic (exact) mass is 364 g/mol. The minimum atomic E-state index is -0.606. The van der Waals surface area contributed by atoms with E-state index in [4.69, 9.17) is 69.6 Å². The molecule has 0 saturated carbocycles. The van der Waals surface area contributed by atoms with E-state index in [1.807, 2.05) is 0 Å². The van der Waals surface area contributed by atoms with Crippen LogP contribution in [0.25, 0.3) is 10.8 Å². The lowest BCUT2D eigenvalue weighted by atomic mass is 10.1. The highest BCUT2D eigenvalue weighted by Crippen LogP contribution is 2.53. The Balaban J connectivity index is 3.22. The molecule has 0 aromatic heterocycles. The Labute approximate surface area is 132 Å². The Morgan fingerprint density at radius 2 is 0.833 bits per heavy atom. The molecule has 18 heavy (non-hydrogen) atoms. The second kappa shape index (κ2) is 4.86. The molecule has 0 unspecified atom stereocenters. The predicted octanol–water partition coefficient (Wildman–Crippen LogP) is 6.17. The quantitative estimate of drug-likeness (QED) is 0.332. The molecule has 0 atom stereocenters. The van der Waals surface area contributed by atoms with Crippen molar-refractivity contribution in [3.63, 3.8) is 0 Å². The van der Waals surface area contributed by atoms with Crippen LogP contribution in [0.2, 0.25) is 30.1 Å². The van der Waals surface area contributed by atoms with E-state index in [-0.39, 0.29) is 40.9 Å². The first-order valence-electron chi connectivity index (χ1n) is 4.33. The molecule has 0 amide bonds. The van der Waals surface area contributed by atoms with Gasteiger partial charge in [-0.05, 0) is 0 Å². The van der Waals surface area contributed by atoms with Gasteiger partial charge in [0.15, 0.2) is 11.5 Å². The average Bonchev–Trinajstić information content (AvgIpc) is 2.35. The van der Waals surface area contributed by atoms with E-state index >= 15 is 0 Å². The lowest BCUT2D eigenvalue weighted by Gasteiger charge is -2.13. The van der Waals surface area contributed by atoms with E-state index in [1.165, 1.54) is 0 Å². The molecule has 0 saturated heterocycles. The Hall–Kier alpha value is 0.0400. The van der Waals surface area contributed by atoms with E-state index in [1.54, 1.807) is 0 Å². The van der Waals surface area contributed by atoms with Crippen molar-refractivity contribution >= 4 is 80.4 Å². The molecule has 0 aliphatic carbocycles. The van der Waals surface area contributed by atoms with Gasteiger partial charge in [0.25, 0.3) is 0 Å². The van der Waals surface area contributed by atoms with Crippen LogP contribution in [-0.4, -0.2) is 10.2 Å². The lowest BCUT2D eigenvalue weighted by Crippen LogP contribution is -1.86. The zero-order valence-electron chi connectivity index (χ0n) is 8.16. The molecule has 0 bridgehead atoms. The number of aromatic hydroxyl groups is 2. The summed E-state index contributed by atoms with van der Waals surface area (Å²) in [7, 11) is 0. The summed E-state index contributed by atoms with van der Waals surface area (Å²) in [4.78, 5) is 0. The highest BCUT2D eigenvalue weighted by Gasteiger charge is 2.24. The van der Waals surface area contributed by atoms with E-state index in [0.717, 1.165) is 0 Å². The molecule has 0 aliphatic heterocycles. The smallest absolute Gasteiger partial charge is 0.178 e. The van der Waals surface area contributed by atoms with E-state index < -0.39 is 11.5 Å². The highest BCUT2D eigenvalue weighted by atomic mass is 35.5. The molecule has 0 spiro atoms. The van der Waals surface area contributed by atoms with Gasteiger partial charge in [0, 0.05) is 5.39 Å². The molecule has 2 nitrogen and oxygen atoms in total. The van der Waals surface area contributed by atoms with E-state index in [9.17, 15) is 10.2 Å². The van der Waals surface area contributed by atoms with Gasteiger partial charge in [-0.1, -0.05) is 69.6 Å². The zero-order chi connectivity index (χ0) is 13.8. The molecule has 0 radical (unpaired) electrons. The Morgan fingerprint density at radius 3 is 1.33 bits per heavy atom. The van der Waals surface area contributed by atoms with Gasteiger partial charge in [0.1, 0.15) is 5.02 Å². The van der Waals surface area contributed by atoms with Crippen LogP contribution in [-0.2, 0) is 0 Å². The van der Waals surface area contributed by atoms with Crippen LogP contribution in [0.15, 0.2) is 0 Å². The fourth-order valence-corrected chi connectivity index (χ4v) is 3.04. The summed E-state index contributed by atoms with van der Waals surface area (Å²) < 4.78 is 0. The molecule has 0 fully saturated rings. The Morgan fingerprint density at radius 1 is 0.444 bits per heavy atom. The van der Waals surface area contributed by atoms with Crippen molar-refractivity contribution in [2.75, 3.05) is 0 Å². The van der Waals surface area contributed by atoms with Gasteiger partial charge in [-0.25, -0.2) is 0 Å². The average molecular weight is 367 g/mol. The van der Waals surface area contributed by atoms with Gasteiger partial charge in [-0.3, -0.25) is 0 Å². The molecule has 0 heterocycles. The van der Waals surface area contributed by atoms with Gasteiger partial charge in [-0.15, -0.1) is 0 Å². The van der Waals surface area contributed by atoms with Crippen LogP contribution in [0.4, 0.5) is 0 Å². The number of halogens is 6. The number of hydrogen-bond donors (Lipinski definition) is 2. The van der Waals surface area contributed by atoms with Gasteiger partial charge >= 0.3 is 0 Å². The first-order chi connectivity index (χ1) is 8.29. The van der Waals surface area contributed by atoms with Crippen molar-refractivity contribution in [3.8, 4) is 11.5 Å².